The topological polar surface area (TPSA) is 204 Å². The van der Waals surface area contributed by atoms with Gasteiger partial charge in [0, 0.05) is 43.9 Å². The van der Waals surface area contributed by atoms with Crippen LogP contribution in [-0.2, 0) is 13.0 Å². The van der Waals surface area contributed by atoms with Gasteiger partial charge in [-0.05, 0) is 29.5 Å². The third-order valence-corrected chi connectivity index (χ3v) is 9.90. The van der Waals surface area contributed by atoms with E-state index in [0.29, 0.717) is 42.1 Å². The zero-order chi connectivity index (χ0) is 38.1. The van der Waals surface area contributed by atoms with Crippen LogP contribution in [-0.4, -0.2) is 94.9 Å². The van der Waals surface area contributed by atoms with Gasteiger partial charge in [0.2, 0.25) is 5.82 Å². The van der Waals surface area contributed by atoms with Crippen LogP contribution in [0.2, 0.25) is 0 Å². The first-order valence-corrected chi connectivity index (χ1v) is 18.3. The minimum absolute atomic E-state index is 0.0675. The number of carbonyl (C=O) groups excluding carboxylic acids is 2. The van der Waals surface area contributed by atoms with E-state index in [4.69, 9.17) is 0 Å². The second-order valence-corrected chi connectivity index (χ2v) is 13.5. The smallest absolute Gasteiger partial charge is 0.314 e. The van der Waals surface area contributed by atoms with Crippen LogP contribution in [0.1, 0.15) is 57.3 Å². The molecule has 4 atom stereocenters. The summed E-state index contributed by atoms with van der Waals surface area (Å²) < 4.78 is 3.21. The summed E-state index contributed by atoms with van der Waals surface area (Å²) in [7, 11) is 0. The average Bonchev–Trinajstić information content (AvgIpc) is 3.95. The Hall–Kier alpha value is -6.16. The number of amides is 3. The van der Waals surface area contributed by atoms with Gasteiger partial charge in [-0.2, -0.15) is 5.10 Å². The first kappa shape index (κ1) is 37.2. The summed E-state index contributed by atoms with van der Waals surface area (Å²) in [5.41, 5.74) is 4.55. The molecular weight excluding hydrogens is 701 g/mol. The van der Waals surface area contributed by atoms with E-state index in [1.807, 2.05) is 66.7 Å². The van der Waals surface area contributed by atoms with Gasteiger partial charge in [-0.15, -0.1) is 0 Å². The number of nitrogens with one attached hydrogen (secondary N) is 4. The quantitative estimate of drug-likeness (QED) is 0.0766. The molecule has 1 fully saturated rings. The molecule has 3 aromatic carbocycles. The van der Waals surface area contributed by atoms with Crippen molar-refractivity contribution in [3.8, 4) is 0 Å². The molecule has 3 aromatic heterocycles. The minimum atomic E-state index is -1.21. The number of rotatable bonds is 15. The molecule has 7 N–H and O–H groups in total. The van der Waals surface area contributed by atoms with Crippen LogP contribution in [0.15, 0.2) is 110 Å². The zero-order valence-corrected chi connectivity index (χ0v) is 30.1. The van der Waals surface area contributed by atoms with Crippen molar-refractivity contribution in [1.82, 2.24) is 45.2 Å². The Bertz CT molecular complexity index is 2140. The van der Waals surface area contributed by atoms with Crippen molar-refractivity contribution in [2.45, 2.75) is 49.7 Å². The van der Waals surface area contributed by atoms with Gasteiger partial charge in [-0.25, -0.2) is 19.7 Å². The van der Waals surface area contributed by atoms with Crippen molar-refractivity contribution in [2.24, 2.45) is 0 Å². The molecule has 1 saturated carbocycles. The molecule has 0 radical (unpaired) electrons. The normalized spacial score (nSPS) is 18.0. The highest BCUT2D eigenvalue weighted by atomic mass is 16.3. The number of aliphatic hydroxyl groups is 3. The van der Waals surface area contributed by atoms with Crippen LogP contribution in [0.25, 0.3) is 11.2 Å². The van der Waals surface area contributed by atoms with Gasteiger partial charge in [0.1, 0.15) is 17.7 Å². The fourth-order valence-corrected chi connectivity index (χ4v) is 7.00. The molecule has 0 aliphatic heterocycles. The Morgan fingerprint density at radius 1 is 0.782 bits per heavy atom. The molecule has 0 spiro atoms. The summed E-state index contributed by atoms with van der Waals surface area (Å²) in [6.45, 7) is 0.965. The van der Waals surface area contributed by atoms with Crippen molar-refractivity contribution in [2.75, 3.05) is 31.5 Å². The van der Waals surface area contributed by atoms with E-state index in [0.717, 1.165) is 16.7 Å². The molecule has 0 bridgehead atoms. The van der Waals surface area contributed by atoms with Gasteiger partial charge in [-0.1, -0.05) is 91.0 Å². The maximum Gasteiger partial charge on any atom is 0.314 e. The Balaban J connectivity index is 1.11. The summed E-state index contributed by atoms with van der Waals surface area (Å²) in [6, 6.07) is 28.4. The summed E-state index contributed by atoms with van der Waals surface area (Å²) >= 11 is 0. The third-order valence-electron chi connectivity index (χ3n) is 9.90. The number of aromatic nitrogens is 6. The molecule has 6 aromatic rings. The number of imidazole rings is 1. The lowest BCUT2D eigenvalue weighted by atomic mass is 9.91. The highest BCUT2D eigenvalue weighted by molar-refractivity contribution is 5.94. The van der Waals surface area contributed by atoms with Gasteiger partial charge < -0.3 is 41.2 Å². The lowest BCUT2D eigenvalue weighted by molar-refractivity contribution is 0.00720. The van der Waals surface area contributed by atoms with Crippen molar-refractivity contribution in [3.63, 3.8) is 0 Å². The zero-order valence-electron chi connectivity index (χ0n) is 30.1. The predicted molar refractivity (Wildman–Crippen MR) is 205 cm³/mol. The van der Waals surface area contributed by atoms with E-state index in [2.05, 4.69) is 65.6 Å². The highest BCUT2D eigenvalue weighted by Gasteiger charge is 2.44. The largest absolute Gasteiger partial charge is 0.392 e. The molecule has 0 unspecified atom stereocenters. The van der Waals surface area contributed by atoms with Crippen LogP contribution in [0.3, 0.4) is 0 Å². The second kappa shape index (κ2) is 17.3. The maximum atomic E-state index is 13.6. The second-order valence-electron chi connectivity index (χ2n) is 13.5. The molecule has 3 heterocycles. The third kappa shape index (κ3) is 8.64. The van der Waals surface area contributed by atoms with Crippen LogP contribution < -0.4 is 21.3 Å². The molecule has 15 heteroatoms. The molecular formula is C40H44N10O5. The van der Waals surface area contributed by atoms with E-state index in [9.17, 15) is 24.9 Å². The van der Waals surface area contributed by atoms with Crippen molar-refractivity contribution < 1.29 is 24.9 Å². The van der Waals surface area contributed by atoms with Gasteiger partial charge >= 0.3 is 6.03 Å². The molecule has 15 nitrogen and oxygen atoms in total. The molecule has 284 valence electrons. The summed E-state index contributed by atoms with van der Waals surface area (Å²) in [6.07, 6.45) is 3.28. The van der Waals surface area contributed by atoms with E-state index < -0.39 is 30.2 Å². The van der Waals surface area contributed by atoms with E-state index in [1.54, 1.807) is 15.4 Å². The summed E-state index contributed by atoms with van der Waals surface area (Å²) in [5, 5.41) is 48.0. The summed E-state index contributed by atoms with van der Waals surface area (Å²) in [5.74, 6) is -0.443. The average molecular weight is 745 g/mol. The molecule has 1 aliphatic carbocycles. The Kier molecular flexibility index (Phi) is 11.7. The number of benzene rings is 3. The number of carbonyl (C=O) groups is 2. The number of urea groups is 1. The first-order chi connectivity index (χ1) is 26.9. The number of anilines is 1. The monoisotopic (exact) mass is 744 g/mol. The Morgan fingerprint density at radius 2 is 1.42 bits per heavy atom. The van der Waals surface area contributed by atoms with Crippen LogP contribution in [0.4, 0.5) is 10.6 Å². The van der Waals surface area contributed by atoms with Crippen LogP contribution >= 0.6 is 0 Å². The van der Waals surface area contributed by atoms with Crippen molar-refractivity contribution in [1.29, 1.82) is 0 Å². The van der Waals surface area contributed by atoms with Gasteiger partial charge in [-0.3, -0.25) is 9.48 Å². The number of hydrogen-bond acceptors (Lipinski definition) is 10. The van der Waals surface area contributed by atoms with Crippen molar-refractivity contribution in [3.05, 3.63) is 138 Å². The van der Waals surface area contributed by atoms with Crippen LogP contribution in [0.5, 0.6) is 0 Å². The number of aliphatic hydroxyl groups excluding tert-OH is 3. The van der Waals surface area contributed by atoms with Gasteiger partial charge in [0.25, 0.3) is 5.91 Å². The Labute approximate surface area is 317 Å². The van der Waals surface area contributed by atoms with E-state index >= 15 is 0 Å². The van der Waals surface area contributed by atoms with Crippen molar-refractivity contribution >= 4 is 28.9 Å². The lowest BCUT2D eigenvalue weighted by Gasteiger charge is -2.20. The number of nitrogens with zero attached hydrogens (tertiary/aromatic N) is 6. The molecule has 7 rings (SSSR count). The van der Waals surface area contributed by atoms with E-state index in [-0.39, 0.29) is 43.9 Å². The molecule has 1 aliphatic rings. The fourth-order valence-electron chi connectivity index (χ4n) is 7.00. The highest BCUT2D eigenvalue weighted by Crippen LogP contribution is 2.40. The standard InChI is InChI=1S/C40H44N10O5/c51-24-27-21-46-50(23-27)32-20-31(34(52)35(32)53)49-25-45-33-36(44-22-30(28-12-6-2-7-13-28)29-14-8-3-9-15-29)47-37(48-38(33)49)39(54)41-18-19-43-40(55)42-17-16-26-10-4-1-5-11-26/h1-15,21,23,25,30-32,34-35,51-53H,16-20,22,24H2,(H,41,54)(H2,42,43,55)(H,44,47,48)/t31-,32+,34+,35-/m1/s1. The molecule has 3 amide bonds. The lowest BCUT2D eigenvalue weighted by Crippen LogP contribution is -2.41. The Morgan fingerprint density at radius 3 is 2.09 bits per heavy atom. The van der Waals surface area contributed by atoms with Gasteiger partial charge in [0.15, 0.2) is 11.5 Å². The van der Waals surface area contributed by atoms with Crippen LogP contribution in [0, 0.1) is 0 Å². The first-order valence-electron chi connectivity index (χ1n) is 18.3. The fraction of sp³-hybridized carbons (Fsp3) is 0.300. The minimum Gasteiger partial charge on any atom is -0.392 e. The SMILES string of the molecule is O=C(NCCNC(=O)c1nc(NCC(c2ccccc2)c2ccccc2)c2ncn([C@@H]3C[C@H](n4cc(CO)cn4)[C@@H](O)[C@H]3O)c2n1)NCCc1ccccc1. The molecule has 0 saturated heterocycles. The maximum absolute atomic E-state index is 13.6. The van der Waals surface area contributed by atoms with E-state index in [1.165, 1.54) is 12.5 Å². The number of fused-ring (bicyclic) bond motifs is 1. The molecule has 55 heavy (non-hydrogen) atoms. The predicted octanol–water partition coefficient (Wildman–Crippen LogP) is 2.94. The van der Waals surface area contributed by atoms with Gasteiger partial charge in [0.05, 0.1) is 31.2 Å². The summed E-state index contributed by atoms with van der Waals surface area (Å²) in [4.78, 5) is 39.8. The number of hydrogen-bond donors (Lipinski definition) is 7.